The van der Waals surface area contributed by atoms with Crippen molar-refractivity contribution >= 4 is 0 Å². The molecule has 0 amide bonds. The third kappa shape index (κ3) is 11.9. The number of hydrogen-bond donors (Lipinski definition) is 0. The maximum Gasteiger partial charge on any atom is 0.161 e. The van der Waals surface area contributed by atoms with Crippen LogP contribution in [0.5, 0.6) is 0 Å². The first-order chi connectivity index (χ1) is 12.0. The highest BCUT2D eigenvalue weighted by Gasteiger charge is 2.11. The van der Waals surface area contributed by atoms with Gasteiger partial charge in [0.15, 0.2) is 6.29 Å². The normalized spacial score (nSPS) is 13.4. The quantitative estimate of drug-likeness (QED) is 0.253. The highest BCUT2D eigenvalue weighted by Crippen LogP contribution is 2.11. The Bertz CT molecular complexity index is 444. The summed E-state index contributed by atoms with van der Waals surface area (Å²) in [4.78, 5) is 0. The molecule has 142 valence electrons. The van der Waals surface area contributed by atoms with Crippen LogP contribution in [0.3, 0.4) is 0 Å². The van der Waals surface area contributed by atoms with Crippen LogP contribution in [0.1, 0.15) is 65.9 Å². The summed E-state index contributed by atoms with van der Waals surface area (Å²) < 4.78 is 17.5. The van der Waals surface area contributed by atoms with Gasteiger partial charge in [-0.3, -0.25) is 0 Å². The first kappa shape index (κ1) is 21.9. The fraction of sp³-hybridized carbons (Fsp3) is 0.636. The summed E-state index contributed by atoms with van der Waals surface area (Å²) >= 11 is 0. The lowest BCUT2D eigenvalue weighted by Crippen LogP contribution is -2.23. The molecule has 0 aromatic heterocycles. The molecule has 0 aliphatic heterocycles. The number of allylic oxidation sites excluding steroid dienone is 1. The van der Waals surface area contributed by atoms with Gasteiger partial charge in [-0.1, -0.05) is 42.5 Å². The Hall–Kier alpha value is -1.16. The van der Waals surface area contributed by atoms with E-state index in [1.165, 1.54) is 5.56 Å². The second kappa shape index (κ2) is 13.1. The van der Waals surface area contributed by atoms with Crippen LogP contribution in [-0.4, -0.2) is 24.6 Å². The predicted molar refractivity (Wildman–Crippen MR) is 105 cm³/mol. The van der Waals surface area contributed by atoms with Crippen molar-refractivity contribution < 1.29 is 14.2 Å². The standard InChI is InChI=1S/C22H36O3/c1-18(2)24-22(25-19(3)4)16-12-7-6-9-13-20(5)23-17-21-14-10-8-11-15-21/h7-8,10-12,14-15,18-20,22H,6,9,13,16-17H2,1-5H3/b12-7-. The Kier molecular flexibility index (Phi) is 11.5. The maximum absolute atomic E-state index is 5.90. The molecule has 1 aromatic rings. The molecule has 0 heterocycles. The predicted octanol–water partition coefficient (Wildman–Crippen LogP) is 5.88. The molecule has 3 nitrogen and oxygen atoms in total. The fourth-order valence-electron chi connectivity index (χ4n) is 2.49. The Morgan fingerprint density at radius 1 is 0.880 bits per heavy atom. The molecule has 0 saturated heterocycles. The van der Waals surface area contributed by atoms with Crippen molar-refractivity contribution in [1.29, 1.82) is 0 Å². The Morgan fingerprint density at radius 3 is 2.12 bits per heavy atom. The van der Waals surface area contributed by atoms with Crippen LogP contribution in [0.15, 0.2) is 42.5 Å². The molecule has 3 heteroatoms. The highest BCUT2D eigenvalue weighted by molar-refractivity contribution is 5.13. The Balaban J connectivity index is 2.15. The van der Waals surface area contributed by atoms with Gasteiger partial charge in [0.2, 0.25) is 0 Å². The van der Waals surface area contributed by atoms with Gasteiger partial charge < -0.3 is 14.2 Å². The van der Waals surface area contributed by atoms with Gasteiger partial charge in [0, 0.05) is 6.42 Å². The average molecular weight is 349 g/mol. The van der Waals surface area contributed by atoms with Gasteiger partial charge in [0.1, 0.15) is 0 Å². The molecule has 0 aliphatic carbocycles. The molecule has 0 radical (unpaired) electrons. The van der Waals surface area contributed by atoms with E-state index in [1.807, 2.05) is 45.9 Å². The van der Waals surface area contributed by atoms with E-state index in [-0.39, 0.29) is 24.6 Å². The van der Waals surface area contributed by atoms with Crippen molar-refractivity contribution in [2.75, 3.05) is 0 Å². The third-order valence-corrected chi connectivity index (χ3v) is 3.70. The molecule has 25 heavy (non-hydrogen) atoms. The second-order valence-corrected chi connectivity index (χ2v) is 7.04. The summed E-state index contributed by atoms with van der Waals surface area (Å²) in [6, 6.07) is 10.3. The number of hydrogen-bond acceptors (Lipinski definition) is 3. The van der Waals surface area contributed by atoms with Crippen molar-refractivity contribution in [3.63, 3.8) is 0 Å². The van der Waals surface area contributed by atoms with Crippen LogP contribution < -0.4 is 0 Å². The largest absolute Gasteiger partial charge is 0.374 e. The van der Waals surface area contributed by atoms with Gasteiger partial charge in [-0.2, -0.15) is 0 Å². The Labute approximate surface area is 154 Å². The van der Waals surface area contributed by atoms with Gasteiger partial charge in [0.25, 0.3) is 0 Å². The first-order valence-corrected chi connectivity index (χ1v) is 9.58. The molecule has 0 saturated carbocycles. The summed E-state index contributed by atoms with van der Waals surface area (Å²) in [5.41, 5.74) is 1.23. The number of unbranched alkanes of at least 4 members (excludes halogenated alkanes) is 1. The van der Waals surface area contributed by atoms with Gasteiger partial charge >= 0.3 is 0 Å². The number of rotatable bonds is 13. The van der Waals surface area contributed by atoms with Crippen molar-refractivity contribution in [3.8, 4) is 0 Å². The molecule has 1 atom stereocenters. The molecule has 1 rings (SSSR count). The lowest BCUT2D eigenvalue weighted by Gasteiger charge is -2.21. The van der Waals surface area contributed by atoms with Crippen LogP contribution >= 0.6 is 0 Å². The van der Waals surface area contributed by atoms with E-state index < -0.39 is 0 Å². The average Bonchev–Trinajstić information content (AvgIpc) is 2.55. The van der Waals surface area contributed by atoms with E-state index in [1.54, 1.807) is 0 Å². The number of ether oxygens (including phenoxy) is 3. The summed E-state index contributed by atoms with van der Waals surface area (Å²) in [7, 11) is 0. The van der Waals surface area contributed by atoms with Crippen LogP contribution in [0.4, 0.5) is 0 Å². The van der Waals surface area contributed by atoms with Crippen molar-refractivity contribution in [1.82, 2.24) is 0 Å². The molecule has 0 bridgehead atoms. The van der Waals surface area contributed by atoms with Crippen molar-refractivity contribution in [3.05, 3.63) is 48.0 Å². The molecule has 0 fully saturated rings. The minimum atomic E-state index is -0.149. The molecular weight excluding hydrogens is 312 g/mol. The van der Waals surface area contributed by atoms with Crippen LogP contribution in [0.2, 0.25) is 0 Å². The topological polar surface area (TPSA) is 27.7 Å². The third-order valence-electron chi connectivity index (χ3n) is 3.70. The zero-order chi connectivity index (χ0) is 18.5. The van der Waals surface area contributed by atoms with Crippen LogP contribution in [-0.2, 0) is 20.8 Å². The summed E-state index contributed by atoms with van der Waals surface area (Å²) in [6.45, 7) is 11.0. The van der Waals surface area contributed by atoms with E-state index in [4.69, 9.17) is 14.2 Å². The molecule has 0 aliphatic rings. The highest BCUT2D eigenvalue weighted by atomic mass is 16.7. The van der Waals surface area contributed by atoms with Crippen molar-refractivity contribution in [2.45, 2.75) is 91.5 Å². The van der Waals surface area contributed by atoms with Gasteiger partial charge in [-0.25, -0.2) is 0 Å². The first-order valence-electron chi connectivity index (χ1n) is 9.58. The monoisotopic (exact) mass is 348 g/mol. The molecule has 0 spiro atoms. The summed E-state index contributed by atoms with van der Waals surface area (Å²) in [6.07, 6.45) is 8.97. The maximum atomic E-state index is 5.90. The smallest absolute Gasteiger partial charge is 0.161 e. The van der Waals surface area contributed by atoms with E-state index in [0.29, 0.717) is 6.61 Å². The van der Waals surface area contributed by atoms with Crippen LogP contribution in [0, 0.1) is 0 Å². The lowest BCUT2D eigenvalue weighted by molar-refractivity contribution is -0.178. The number of benzene rings is 1. The minimum absolute atomic E-state index is 0.149. The fourth-order valence-corrected chi connectivity index (χ4v) is 2.49. The van der Waals surface area contributed by atoms with Crippen LogP contribution in [0.25, 0.3) is 0 Å². The lowest BCUT2D eigenvalue weighted by atomic mass is 10.1. The second-order valence-electron chi connectivity index (χ2n) is 7.04. The minimum Gasteiger partial charge on any atom is -0.374 e. The SMILES string of the molecule is CC(C)OC(C/C=C\CCCC(C)OCc1ccccc1)OC(C)C. The molecule has 1 unspecified atom stereocenters. The van der Waals surface area contributed by atoms with Crippen molar-refractivity contribution in [2.24, 2.45) is 0 Å². The molecular formula is C22H36O3. The van der Waals surface area contributed by atoms with E-state index in [9.17, 15) is 0 Å². The van der Waals surface area contributed by atoms with E-state index in [0.717, 1.165) is 25.7 Å². The summed E-state index contributed by atoms with van der Waals surface area (Å²) in [5.74, 6) is 0. The van der Waals surface area contributed by atoms with Gasteiger partial charge in [0.05, 0.1) is 24.9 Å². The molecule has 1 aromatic carbocycles. The van der Waals surface area contributed by atoms with E-state index >= 15 is 0 Å². The zero-order valence-electron chi connectivity index (χ0n) is 16.6. The summed E-state index contributed by atoms with van der Waals surface area (Å²) in [5, 5.41) is 0. The zero-order valence-corrected chi connectivity index (χ0v) is 16.6. The Morgan fingerprint density at radius 2 is 1.52 bits per heavy atom. The van der Waals surface area contributed by atoms with E-state index in [2.05, 4.69) is 31.2 Å². The van der Waals surface area contributed by atoms with Gasteiger partial charge in [-0.15, -0.1) is 0 Å². The molecule has 0 N–H and O–H groups in total. The van der Waals surface area contributed by atoms with Gasteiger partial charge in [-0.05, 0) is 59.4 Å².